The zero-order chi connectivity index (χ0) is 19.4. The first kappa shape index (κ1) is 19.8. The third kappa shape index (κ3) is 4.50. The number of sulfonamides is 1. The molecule has 1 saturated carbocycles. The van der Waals surface area contributed by atoms with E-state index in [0.717, 1.165) is 6.42 Å². The van der Waals surface area contributed by atoms with Gasteiger partial charge in [0.25, 0.3) is 0 Å². The summed E-state index contributed by atoms with van der Waals surface area (Å²) < 4.78 is 27.0. The van der Waals surface area contributed by atoms with Gasteiger partial charge >= 0.3 is 5.97 Å². The van der Waals surface area contributed by atoms with Crippen LogP contribution in [-0.4, -0.2) is 60.8 Å². The van der Waals surface area contributed by atoms with Gasteiger partial charge in [-0.1, -0.05) is 24.6 Å². The van der Waals surface area contributed by atoms with E-state index in [0.29, 0.717) is 45.3 Å². The minimum Gasteiger partial charge on any atom is -0.481 e. The summed E-state index contributed by atoms with van der Waals surface area (Å²) in [6.07, 6.45) is 3.05. The number of benzene rings is 1. The molecular weight excluding hydrogens is 368 g/mol. The normalized spacial score (nSPS) is 25.0. The summed E-state index contributed by atoms with van der Waals surface area (Å²) in [4.78, 5) is 26.1. The van der Waals surface area contributed by atoms with Crippen LogP contribution in [0.1, 0.15) is 32.1 Å². The molecule has 1 N–H and O–H groups in total. The summed E-state index contributed by atoms with van der Waals surface area (Å²) in [6.45, 7) is 1.49. The average Bonchev–Trinajstić information content (AvgIpc) is 2.95. The predicted molar refractivity (Wildman–Crippen MR) is 99.5 cm³/mol. The van der Waals surface area contributed by atoms with E-state index in [4.69, 9.17) is 0 Å². The summed E-state index contributed by atoms with van der Waals surface area (Å²) >= 11 is 0. The fraction of sp³-hybridized carbons (Fsp3) is 0.579. The second-order valence-electron chi connectivity index (χ2n) is 7.29. The predicted octanol–water partition coefficient (Wildman–Crippen LogP) is 1.80. The molecule has 1 aromatic rings. The van der Waals surface area contributed by atoms with Gasteiger partial charge in [0.15, 0.2) is 0 Å². The lowest BCUT2D eigenvalue weighted by Crippen LogP contribution is -2.41. The topological polar surface area (TPSA) is 95.0 Å². The van der Waals surface area contributed by atoms with Crippen LogP contribution >= 0.6 is 0 Å². The molecule has 2 unspecified atom stereocenters. The van der Waals surface area contributed by atoms with Crippen molar-refractivity contribution in [2.45, 2.75) is 37.0 Å². The van der Waals surface area contributed by atoms with Crippen molar-refractivity contribution in [2.24, 2.45) is 11.8 Å². The summed E-state index contributed by atoms with van der Waals surface area (Å²) in [6, 6.07) is 8.33. The van der Waals surface area contributed by atoms with Gasteiger partial charge in [0.05, 0.1) is 10.8 Å². The van der Waals surface area contributed by atoms with Crippen molar-refractivity contribution in [3.8, 4) is 0 Å². The highest BCUT2D eigenvalue weighted by atomic mass is 32.2. The van der Waals surface area contributed by atoms with Crippen LogP contribution in [0.15, 0.2) is 35.2 Å². The molecule has 2 fully saturated rings. The quantitative estimate of drug-likeness (QED) is 0.840. The number of nitrogens with zero attached hydrogens (tertiary/aromatic N) is 2. The van der Waals surface area contributed by atoms with Crippen molar-refractivity contribution in [1.82, 2.24) is 9.21 Å². The molecule has 1 aromatic carbocycles. The Balaban J connectivity index is 1.64. The molecule has 148 valence electrons. The fourth-order valence-electron chi connectivity index (χ4n) is 3.99. The number of carbonyl (C=O) groups is 2. The number of hydrogen-bond donors (Lipinski definition) is 1. The molecule has 1 amide bonds. The number of amides is 1. The van der Waals surface area contributed by atoms with Crippen molar-refractivity contribution < 1.29 is 23.1 Å². The number of carboxylic acids is 1. The highest BCUT2D eigenvalue weighted by Gasteiger charge is 2.35. The lowest BCUT2D eigenvalue weighted by Gasteiger charge is -2.30. The monoisotopic (exact) mass is 394 g/mol. The maximum atomic E-state index is 12.9. The average molecular weight is 394 g/mol. The molecule has 8 heteroatoms. The van der Waals surface area contributed by atoms with Crippen LogP contribution in [0.5, 0.6) is 0 Å². The molecule has 2 aliphatic rings. The molecule has 3 rings (SSSR count). The maximum absolute atomic E-state index is 12.9. The molecule has 1 heterocycles. The van der Waals surface area contributed by atoms with Gasteiger partial charge < -0.3 is 10.0 Å². The Morgan fingerprint density at radius 3 is 2.33 bits per heavy atom. The first-order valence-electron chi connectivity index (χ1n) is 9.46. The smallest absolute Gasteiger partial charge is 0.306 e. The molecule has 2 atom stereocenters. The van der Waals surface area contributed by atoms with Crippen LogP contribution in [0, 0.1) is 11.8 Å². The van der Waals surface area contributed by atoms with E-state index < -0.39 is 21.9 Å². The Morgan fingerprint density at radius 1 is 0.926 bits per heavy atom. The van der Waals surface area contributed by atoms with Crippen LogP contribution < -0.4 is 0 Å². The number of rotatable bonds is 4. The number of carbonyl (C=O) groups excluding carboxylic acids is 1. The van der Waals surface area contributed by atoms with Crippen LogP contribution in [0.25, 0.3) is 0 Å². The number of carboxylic acid groups (broad SMARTS) is 1. The van der Waals surface area contributed by atoms with Gasteiger partial charge in [-0.2, -0.15) is 4.31 Å². The first-order valence-corrected chi connectivity index (χ1v) is 10.9. The number of hydrogen-bond acceptors (Lipinski definition) is 4. The molecule has 7 nitrogen and oxygen atoms in total. The zero-order valence-electron chi connectivity index (χ0n) is 15.3. The Bertz CT molecular complexity index is 781. The van der Waals surface area contributed by atoms with E-state index in [9.17, 15) is 23.1 Å². The lowest BCUT2D eigenvalue weighted by atomic mass is 9.80. The molecule has 1 saturated heterocycles. The van der Waals surface area contributed by atoms with E-state index in [1.807, 2.05) is 0 Å². The van der Waals surface area contributed by atoms with Gasteiger partial charge in [0.1, 0.15) is 0 Å². The second kappa shape index (κ2) is 8.39. The highest BCUT2D eigenvalue weighted by Crippen LogP contribution is 2.31. The van der Waals surface area contributed by atoms with E-state index in [2.05, 4.69) is 0 Å². The Kier molecular flexibility index (Phi) is 6.16. The maximum Gasteiger partial charge on any atom is 0.306 e. The standard InChI is InChI=1S/C19H26N2O5S/c22-18(15-6-4-7-16(14-15)19(23)24)20-10-5-11-21(13-12-20)27(25,26)17-8-2-1-3-9-17/h1-3,8-9,15-16H,4-7,10-14H2,(H,23,24). The van der Waals surface area contributed by atoms with E-state index in [-0.39, 0.29) is 23.3 Å². The van der Waals surface area contributed by atoms with Crippen LogP contribution in [-0.2, 0) is 19.6 Å². The minimum absolute atomic E-state index is 0.0279. The van der Waals surface area contributed by atoms with Gasteiger partial charge in [-0.25, -0.2) is 8.42 Å². The van der Waals surface area contributed by atoms with Crippen molar-refractivity contribution in [3.63, 3.8) is 0 Å². The second-order valence-corrected chi connectivity index (χ2v) is 9.23. The van der Waals surface area contributed by atoms with Crippen LogP contribution in [0.2, 0.25) is 0 Å². The van der Waals surface area contributed by atoms with E-state index in [1.165, 1.54) is 4.31 Å². The Hall–Kier alpha value is -1.93. The summed E-state index contributed by atoms with van der Waals surface area (Å²) in [5.74, 6) is -1.57. The lowest BCUT2D eigenvalue weighted by molar-refractivity contribution is -0.145. The molecule has 1 aliphatic carbocycles. The van der Waals surface area contributed by atoms with Crippen LogP contribution in [0.4, 0.5) is 0 Å². The van der Waals surface area contributed by atoms with Gasteiger partial charge in [0, 0.05) is 32.1 Å². The molecule has 0 radical (unpaired) electrons. The van der Waals surface area contributed by atoms with Crippen LogP contribution in [0.3, 0.4) is 0 Å². The van der Waals surface area contributed by atoms with Gasteiger partial charge in [-0.15, -0.1) is 0 Å². The van der Waals surface area contributed by atoms with E-state index in [1.54, 1.807) is 35.2 Å². The van der Waals surface area contributed by atoms with E-state index >= 15 is 0 Å². The van der Waals surface area contributed by atoms with Crippen molar-refractivity contribution in [1.29, 1.82) is 0 Å². The molecule has 0 aromatic heterocycles. The van der Waals surface area contributed by atoms with Gasteiger partial charge in [-0.3, -0.25) is 9.59 Å². The molecule has 1 aliphatic heterocycles. The van der Waals surface area contributed by atoms with Crippen molar-refractivity contribution >= 4 is 21.9 Å². The van der Waals surface area contributed by atoms with Crippen molar-refractivity contribution in [3.05, 3.63) is 30.3 Å². The van der Waals surface area contributed by atoms with Gasteiger partial charge in [0.2, 0.25) is 15.9 Å². The summed E-state index contributed by atoms with van der Waals surface area (Å²) in [5.41, 5.74) is 0. The van der Waals surface area contributed by atoms with Gasteiger partial charge in [-0.05, 0) is 37.8 Å². The third-order valence-electron chi connectivity index (χ3n) is 5.52. The fourth-order valence-corrected chi connectivity index (χ4v) is 5.48. The number of aliphatic carboxylic acids is 1. The zero-order valence-corrected chi connectivity index (χ0v) is 16.1. The summed E-state index contributed by atoms with van der Waals surface area (Å²) in [5, 5.41) is 9.23. The molecule has 0 spiro atoms. The molecule has 27 heavy (non-hydrogen) atoms. The summed E-state index contributed by atoms with van der Waals surface area (Å²) in [7, 11) is -3.56. The van der Waals surface area contributed by atoms with Crippen molar-refractivity contribution in [2.75, 3.05) is 26.2 Å². The Labute approximate surface area is 160 Å². The third-order valence-corrected chi connectivity index (χ3v) is 7.43. The molecule has 0 bridgehead atoms. The Morgan fingerprint density at radius 2 is 1.63 bits per heavy atom. The first-order chi connectivity index (χ1) is 12.9. The molecular formula is C19H26N2O5S. The SMILES string of the molecule is O=C(O)C1CCCC(C(=O)N2CCCN(S(=O)(=O)c3ccccc3)CC2)C1. The minimum atomic E-state index is -3.56. The largest absolute Gasteiger partial charge is 0.481 e. The highest BCUT2D eigenvalue weighted by molar-refractivity contribution is 7.89.